The van der Waals surface area contributed by atoms with Crippen LogP contribution in [-0.4, -0.2) is 150 Å². The summed E-state index contributed by atoms with van der Waals surface area (Å²) in [6, 6.07) is 5.98. The Morgan fingerprint density at radius 2 is 1.10 bits per heavy atom. The highest BCUT2D eigenvalue weighted by Gasteiger charge is 2.52. The molecule has 4 bridgehead atoms. The summed E-state index contributed by atoms with van der Waals surface area (Å²) in [6.45, 7) is 7.58. The lowest BCUT2D eigenvalue weighted by molar-refractivity contribution is -0.143. The quantitative estimate of drug-likeness (QED) is 0.0233. The van der Waals surface area contributed by atoms with Gasteiger partial charge < -0.3 is 81.3 Å². The Morgan fingerprint density at radius 1 is 0.596 bits per heavy atom. The van der Waals surface area contributed by atoms with Crippen LogP contribution in [0.2, 0.25) is 0 Å². The number of rotatable bonds is 35. The fraction of sp³-hybridized carbons (Fsp3) is 0.613. The van der Waals surface area contributed by atoms with Crippen molar-refractivity contribution in [2.75, 3.05) is 26.2 Å². The first-order chi connectivity index (χ1) is 42.4. The Bertz CT molecular complexity index is 2830. The molecule has 0 aromatic heterocycles. The van der Waals surface area contributed by atoms with Gasteiger partial charge in [-0.25, -0.2) is 0 Å². The number of primary amides is 2. The van der Waals surface area contributed by atoms with Crippen LogP contribution in [0.15, 0.2) is 64.6 Å². The van der Waals surface area contributed by atoms with Gasteiger partial charge in [-0.2, -0.15) is 0 Å². The van der Waals surface area contributed by atoms with E-state index in [9.17, 15) is 47.9 Å². The van der Waals surface area contributed by atoms with Crippen molar-refractivity contribution in [1.82, 2.24) is 42.1 Å². The molecule has 10 amide bonds. The highest BCUT2D eigenvalue weighted by Crippen LogP contribution is 2.61. The Hall–Kier alpha value is -8.52. The van der Waals surface area contributed by atoms with Crippen LogP contribution in [0, 0.1) is 29.1 Å². The molecule has 89 heavy (non-hydrogen) atoms. The van der Waals surface area contributed by atoms with Crippen molar-refractivity contribution in [3.8, 4) is 5.75 Å². The molecule has 19 N–H and O–H groups in total. The summed E-state index contributed by atoms with van der Waals surface area (Å²) in [4.78, 5) is 149. The van der Waals surface area contributed by atoms with Crippen LogP contribution in [0.1, 0.15) is 135 Å². The molecule has 1 heterocycles. The first-order valence-electron chi connectivity index (χ1n) is 31.2. The van der Waals surface area contributed by atoms with Crippen molar-refractivity contribution in [3.63, 3.8) is 0 Å². The van der Waals surface area contributed by atoms with Gasteiger partial charge in [-0.3, -0.25) is 57.9 Å². The maximum absolute atomic E-state index is 14.7. The van der Waals surface area contributed by atoms with E-state index in [1.807, 2.05) is 19.1 Å². The number of carbonyl (C=O) groups excluding carboxylic acids is 10. The molecule has 27 heteroatoms. The molecule has 1 saturated heterocycles. The number of nitrogens with one attached hydrogen (secondary N) is 7. The average Bonchev–Trinajstić information content (AvgIpc) is 1.45. The third-order valence-corrected chi connectivity index (χ3v) is 17.3. The average molecular weight is 1240 g/mol. The lowest BCUT2D eigenvalue weighted by Crippen LogP contribution is -2.61. The van der Waals surface area contributed by atoms with Crippen molar-refractivity contribution in [3.05, 3.63) is 65.7 Å². The van der Waals surface area contributed by atoms with E-state index >= 15 is 0 Å². The molecule has 0 unspecified atom stereocenters. The molecule has 8 atom stereocenters. The van der Waals surface area contributed by atoms with Crippen molar-refractivity contribution in [1.29, 1.82) is 0 Å². The lowest BCUT2D eigenvalue weighted by atomic mass is 9.49. The van der Waals surface area contributed by atoms with E-state index in [-0.39, 0.29) is 94.2 Å². The summed E-state index contributed by atoms with van der Waals surface area (Å²) in [6.07, 6.45) is 7.41. The summed E-state index contributed by atoms with van der Waals surface area (Å²) in [5, 5.41) is 19.2. The van der Waals surface area contributed by atoms with Gasteiger partial charge in [0, 0.05) is 38.9 Å². The Labute approximate surface area is 520 Å². The Morgan fingerprint density at radius 3 is 1.64 bits per heavy atom. The summed E-state index contributed by atoms with van der Waals surface area (Å²) in [7, 11) is 0. The number of hydrogen-bond acceptors (Lipinski definition) is 13. The van der Waals surface area contributed by atoms with Gasteiger partial charge in [0.05, 0.1) is 13.0 Å². The molecule has 5 fully saturated rings. The second-order valence-corrected chi connectivity index (χ2v) is 24.8. The fourth-order valence-corrected chi connectivity index (χ4v) is 13.4. The minimum absolute atomic E-state index is 0.00780. The normalized spacial score (nSPS) is 21.2. The highest BCUT2D eigenvalue weighted by atomic mass is 16.5. The number of guanidine groups is 2. The standard InChI is InChI=1S/C62H94N16O11/c1-5-42(59(88)78-24-12-17-48(78)57(86)74-44(16-11-23-70-61(67)68)53(82)73-43(52(64)81)15-10-22-69-60(65)66)72-55(84)47(30-49(63)79)76-58(87)51(35(3)4)77-56(85)46(28-36-13-8-7-9-14-36)75-54(83)45(29-37-18-20-41(21-19-37)89-6-2)71-50(80)34-62-31-38-25-39(32-62)27-40(26-38)33-62/h7-9,13-14,18-21,35,38-40,42-48,51H,5-6,10-12,15-17,22-34H2,1-4H3,(H2,63,79)(H2,64,81)(H,71,80)(H,72,84)(H,73,82)(H,74,86)(H,75,83)(H,76,87)(H,77,85)(H4,65,66,69)(H4,67,68,70)/t38?,39?,40?,42-,43-,44-,45-,46-,47-,48-,51-,62?/m0/s1. The van der Waals surface area contributed by atoms with E-state index < -0.39 is 114 Å². The van der Waals surface area contributed by atoms with Crippen LogP contribution < -0.4 is 76.4 Å². The number of carbonyl (C=O) groups is 10. The third-order valence-electron chi connectivity index (χ3n) is 17.3. The molecule has 27 nitrogen and oxygen atoms in total. The lowest BCUT2D eigenvalue weighted by Gasteiger charge is -2.56. The van der Waals surface area contributed by atoms with E-state index in [1.54, 1.807) is 63.2 Å². The SMILES string of the molecule is CCOc1ccc(C[C@H](NC(=O)CC23CC4CC(CC(C4)C2)C3)C(=O)N[C@@H](Cc2ccccc2)C(=O)N[C@H](C(=O)N[C@@H](CC(N)=O)C(=O)N[C@@H](CC)C(=O)N2CCC[C@H]2C(=O)N[C@@H](CCCN=C(N)N)C(=O)N[C@@H](CCCN=C(N)N)C(N)=O)C(C)C)cc1. The number of nitrogens with two attached hydrogens (primary N) is 6. The van der Waals surface area contributed by atoms with Gasteiger partial charge in [-0.1, -0.05) is 63.2 Å². The first-order valence-corrected chi connectivity index (χ1v) is 31.2. The minimum atomic E-state index is -1.66. The Kier molecular flexibility index (Phi) is 25.9. The molecule has 7 rings (SSSR count). The Balaban J connectivity index is 1.14. The monoisotopic (exact) mass is 1240 g/mol. The smallest absolute Gasteiger partial charge is 0.245 e. The number of likely N-dealkylation sites (tertiary alicyclic amines) is 1. The van der Waals surface area contributed by atoms with Crippen LogP contribution >= 0.6 is 0 Å². The van der Waals surface area contributed by atoms with Crippen LogP contribution in [-0.2, 0) is 60.8 Å². The summed E-state index contributed by atoms with van der Waals surface area (Å²) in [5.41, 5.74) is 34.3. The van der Waals surface area contributed by atoms with Crippen LogP contribution in [0.5, 0.6) is 5.75 Å². The summed E-state index contributed by atoms with van der Waals surface area (Å²) >= 11 is 0. The first kappa shape index (κ1) is 69.6. The molecule has 4 aliphatic carbocycles. The van der Waals surface area contributed by atoms with Crippen LogP contribution in [0.25, 0.3) is 0 Å². The maximum atomic E-state index is 14.7. The number of benzene rings is 2. The van der Waals surface area contributed by atoms with Gasteiger partial charge in [0.2, 0.25) is 59.1 Å². The van der Waals surface area contributed by atoms with E-state index in [4.69, 9.17) is 39.1 Å². The van der Waals surface area contributed by atoms with E-state index in [0.29, 0.717) is 48.5 Å². The molecule has 488 valence electrons. The summed E-state index contributed by atoms with van der Waals surface area (Å²) in [5.74, 6) is -5.90. The molecule has 2 aromatic rings. The molecule has 2 aromatic carbocycles. The zero-order valence-corrected chi connectivity index (χ0v) is 51.8. The molecule has 1 aliphatic heterocycles. The van der Waals surface area contributed by atoms with E-state index in [2.05, 4.69) is 47.2 Å². The van der Waals surface area contributed by atoms with Gasteiger partial charge in [0.1, 0.15) is 54.1 Å². The van der Waals surface area contributed by atoms with E-state index in [0.717, 1.165) is 24.8 Å². The second kappa shape index (κ2) is 33.2. The molecule has 5 aliphatic rings. The van der Waals surface area contributed by atoms with Crippen LogP contribution in [0.3, 0.4) is 0 Å². The molecule has 0 spiro atoms. The van der Waals surface area contributed by atoms with Gasteiger partial charge >= 0.3 is 0 Å². The van der Waals surface area contributed by atoms with E-state index in [1.165, 1.54) is 24.2 Å². The number of hydrogen-bond donors (Lipinski definition) is 13. The zero-order valence-electron chi connectivity index (χ0n) is 51.8. The molecule has 0 radical (unpaired) electrons. The molecular formula is C62H94N16O11. The van der Waals surface area contributed by atoms with Gasteiger partial charge in [0.15, 0.2) is 11.9 Å². The number of ether oxygens (including phenoxy) is 1. The molecule has 4 saturated carbocycles. The summed E-state index contributed by atoms with van der Waals surface area (Å²) < 4.78 is 5.65. The fourth-order valence-electron chi connectivity index (χ4n) is 13.4. The van der Waals surface area contributed by atoms with Gasteiger partial charge in [-0.05, 0) is 143 Å². The predicted molar refractivity (Wildman–Crippen MR) is 333 cm³/mol. The number of amides is 10. The topological polar surface area (TPSA) is 448 Å². The molecular weight excluding hydrogens is 1140 g/mol. The third kappa shape index (κ3) is 21.1. The van der Waals surface area contributed by atoms with Crippen molar-refractivity contribution >= 4 is 71.0 Å². The van der Waals surface area contributed by atoms with Gasteiger partial charge in [-0.15, -0.1) is 0 Å². The number of aliphatic imine (C=N–C) groups is 2. The second-order valence-electron chi connectivity index (χ2n) is 24.8. The highest BCUT2D eigenvalue weighted by molar-refractivity contribution is 5.99. The maximum Gasteiger partial charge on any atom is 0.245 e. The largest absolute Gasteiger partial charge is 0.494 e. The van der Waals surface area contributed by atoms with Crippen molar-refractivity contribution < 1.29 is 52.7 Å². The number of nitrogens with zero attached hydrogens (tertiary/aromatic N) is 3. The zero-order chi connectivity index (χ0) is 65.0. The van der Waals surface area contributed by atoms with Crippen molar-refractivity contribution in [2.45, 2.75) is 185 Å². The van der Waals surface area contributed by atoms with Crippen LogP contribution in [0.4, 0.5) is 0 Å². The predicted octanol–water partition coefficient (Wildman–Crippen LogP) is -0.605. The minimum Gasteiger partial charge on any atom is -0.494 e. The van der Waals surface area contributed by atoms with Crippen molar-refractivity contribution in [2.24, 2.45) is 73.5 Å². The van der Waals surface area contributed by atoms with Gasteiger partial charge in [0.25, 0.3) is 0 Å².